The van der Waals surface area contributed by atoms with Crippen LogP contribution in [0.4, 0.5) is 0 Å². The van der Waals surface area contributed by atoms with Crippen LogP contribution in [-0.4, -0.2) is 66.1 Å². The second-order valence-corrected chi connectivity index (χ2v) is 9.27. The Balaban J connectivity index is 1.80. The van der Waals surface area contributed by atoms with Crippen LogP contribution in [0.3, 0.4) is 0 Å². The lowest BCUT2D eigenvalue weighted by Gasteiger charge is -2.21. The van der Waals surface area contributed by atoms with Crippen LogP contribution in [-0.2, 0) is 34.1 Å². The van der Waals surface area contributed by atoms with Gasteiger partial charge in [-0.1, -0.05) is 37.3 Å². The molecular formula is C20H28N4O3S. The van der Waals surface area contributed by atoms with Crippen LogP contribution >= 0.6 is 0 Å². The summed E-state index contributed by atoms with van der Waals surface area (Å²) in [6.07, 6.45) is 4.25. The molecule has 1 saturated heterocycles. The average molecular weight is 405 g/mol. The van der Waals surface area contributed by atoms with Crippen molar-refractivity contribution >= 4 is 16.2 Å². The molecule has 28 heavy (non-hydrogen) atoms. The summed E-state index contributed by atoms with van der Waals surface area (Å²) in [5, 5.41) is 0.158. The number of hydrogen-bond donors (Lipinski definition) is 0. The molecule has 8 heteroatoms. The van der Waals surface area contributed by atoms with Crippen LogP contribution < -0.4 is 0 Å². The van der Waals surface area contributed by atoms with E-state index in [1.54, 1.807) is 18.0 Å². The lowest BCUT2D eigenvalue weighted by atomic mass is 10.1. The van der Waals surface area contributed by atoms with Crippen molar-refractivity contribution in [1.82, 2.24) is 19.4 Å². The van der Waals surface area contributed by atoms with Crippen molar-refractivity contribution in [3.63, 3.8) is 0 Å². The van der Waals surface area contributed by atoms with E-state index >= 15 is 0 Å². The summed E-state index contributed by atoms with van der Waals surface area (Å²) in [6.45, 7) is 5.97. The highest BCUT2D eigenvalue weighted by Crippen LogP contribution is 2.17. The number of carbonyl (C=O) groups excluding carboxylic acids is 1. The van der Waals surface area contributed by atoms with E-state index in [1.165, 1.54) is 5.56 Å². The van der Waals surface area contributed by atoms with E-state index in [2.05, 4.69) is 9.88 Å². The number of aryl methyl sites for hydroxylation is 1. The zero-order valence-electron chi connectivity index (χ0n) is 16.3. The maximum atomic E-state index is 12.5. The summed E-state index contributed by atoms with van der Waals surface area (Å²) in [4.78, 5) is 19.4. The molecule has 0 aliphatic carbocycles. The summed E-state index contributed by atoms with van der Waals surface area (Å²) in [5.74, 6) is 0.0345. The minimum atomic E-state index is -3.39. The maximum absolute atomic E-state index is 12.5. The molecule has 1 aromatic heterocycles. The van der Waals surface area contributed by atoms with Gasteiger partial charge in [-0.3, -0.25) is 9.69 Å². The minimum Gasteiger partial charge on any atom is -0.344 e. The molecule has 1 aliphatic rings. The van der Waals surface area contributed by atoms with Crippen molar-refractivity contribution in [1.29, 1.82) is 0 Å². The molecule has 0 radical (unpaired) electrons. The third kappa shape index (κ3) is 4.99. The molecule has 1 amide bonds. The average Bonchev–Trinajstić information content (AvgIpc) is 2.98. The highest BCUT2D eigenvalue weighted by Gasteiger charge is 2.23. The molecule has 0 N–H and O–H groups in total. The van der Waals surface area contributed by atoms with Crippen LogP contribution in [0, 0.1) is 0 Å². The summed E-state index contributed by atoms with van der Waals surface area (Å²) in [7, 11) is -3.39. The summed E-state index contributed by atoms with van der Waals surface area (Å²) in [6, 6.07) is 10.1. The normalized spacial score (nSPS) is 16.1. The van der Waals surface area contributed by atoms with Gasteiger partial charge >= 0.3 is 0 Å². The van der Waals surface area contributed by atoms with Gasteiger partial charge in [0.25, 0.3) is 0 Å². The van der Waals surface area contributed by atoms with E-state index in [1.807, 2.05) is 34.9 Å². The topological polar surface area (TPSA) is 75.5 Å². The second kappa shape index (κ2) is 9.34. The fourth-order valence-electron chi connectivity index (χ4n) is 3.50. The Morgan fingerprint density at radius 3 is 2.61 bits per heavy atom. The SMILES string of the molecule is CCS(=O)(=O)c1ncc(CN2CCCN(C=O)CC2)n1CCc1ccccc1. The molecule has 3 rings (SSSR count). The number of hydrogen-bond acceptors (Lipinski definition) is 5. The predicted octanol–water partition coefficient (Wildman–Crippen LogP) is 1.58. The van der Waals surface area contributed by atoms with E-state index in [4.69, 9.17) is 0 Å². The molecule has 1 aromatic carbocycles. The van der Waals surface area contributed by atoms with Crippen LogP contribution in [0.5, 0.6) is 0 Å². The van der Waals surface area contributed by atoms with Gasteiger partial charge in [0, 0.05) is 39.3 Å². The number of rotatable bonds is 8. The number of aromatic nitrogens is 2. The Hall–Kier alpha value is -2.19. The van der Waals surface area contributed by atoms with Crippen LogP contribution in [0.25, 0.3) is 0 Å². The molecule has 0 atom stereocenters. The van der Waals surface area contributed by atoms with Gasteiger partial charge in [-0.15, -0.1) is 0 Å². The smallest absolute Gasteiger partial charge is 0.227 e. The van der Waals surface area contributed by atoms with Gasteiger partial charge in [0.05, 0.1) is 17.6 Å². The lowest BCUT2D eigenvalue weighted by molar-refractivity contribution is -0.118. The van der Waals surface area contributed by atoms with Crippen molar-refractivity contribution in [2.24, 2.45) is 0 Å². The minimum absolute atomic E-state index is 0.0345. The first-order valence-electron chi connectivity index (χ1n) is 9.76. The Morgan fingerprint density at radius 1 is 1.11 bits per heavy atom. The zero-order valence-corrected chi connectivity index (χ0v) is 17.1. The Morgan fingerprint density at radius 2 is 1.89 bits per heavy atom. The Labute approximate surface area is 166 Å². The van der Waals surface area contributed by atoms with Crippen LogP contribution in [0.15, 0.2) is 41.7 Å². The largest absolute Gasteiger partial charge is 0.344 e. The number of benzene rings is 1. The van der Waals surface area contributed by atoms with Crippen molar-refractivity contribution in [2.45, 2.75) is 38.0 Å². The summed E-state index contributed by atoms with van der Waals surface area (Å²) < 4.78 is 26.9. The van der Waals surface area contributed by atoms with E-state index in [0.29, 0.717) is 19.6 Å². The first-order valence-corrected chi connectivity index (χ1v) is 11.4. The standard InChI is InChI=1S/C20H28N4O3S/c1-2-28(26,27)20-21-15-19(16-22-10-6-11-23(17-25)14-13-22)24(20)12-9-18-7-4-3-5-8-18/h3-5,7-8,15,17H,2,6,9-14,16H2,1H3. The molecule has 0 saturated carbocycles. The van der Waals surface area contributed by atoms with Gasteiger partial charge in [0.2, 0.25) is 21.4 Å². The Bertz CT molecular complexity index is 880. The molecule has 1 aliphatic heterocycles. The maximum Gasteiger partial charge on any atom is 0.227 e. The molecule has 2 aromatic rings. The zero-order chi connectivity index (χ0) is 20.0. The predicted molar refractivity (Wildman–Crippen MR) is 108 cm³/mol. The molecule has 0 bridgehead atoms. The second-order valence-electron chi connectivity index (χ2n) is 7.09. The van der Waals surface area contributed by atoms with Crippen LogP contribution in [0.2, 0.25) is 0 Å². The van der Waals surface area contributed by atoms with E-state index in [0.717, 1.165) is 44.6 Å². The number of carbonyl (C=O) groups is 1. The van der Waals surface area contributed by atoms with Gasteiger partial charge in [-0.2, -0.15) is 0 Å². The van der Waals surface area contributed by atoms with E-state index in [9.17, 15) is 13.2 Å². The number of amides is 1. The highest BCUT2D eigenvalue weighted by atomic mass is 32.2. The van der Waals surface area contributed by atoms with Crippen molar-refractivity contribution in [3.8, 4) is 0 Å². The van der Waals surface area contributed by atoms with Crippen molar-refractivity contribution in [2.75, 3.05) is 31.9 Å². The number of nitrogens with zero attached hydrogens (tertiary/aromatic N) is 4. The first-order chi connectivity index (χ1) is 13.5. The molecule has 1 fully saturated rings. The van der Waals surface area contributed by atoms with E-state index in [-0.39, 0.29) is 10.9 Å². The quantitative estimate of drug-likeness (QED) is 0.625. The van der Waals surface area contributed by atoms with Crippen LogP contribution in [0.1, 0.15) is 24.6 Å². The fourth-order valence-corrected chi connectivity index (χ4v) is 4.52. The fraction of sp³-hybridized carbons (Fsp3) is 0.500. The van der Waals surface area contributed by atoms with Crippen molar-refractivity contribution < 1.29 is 13.2 Å². The molecule has 7 nitrogen and oxygen atoms in total. The van der Waals surface area contributed by atoms with Gasteiger partial charge in [0.1, 0.15) is 0 Å². The highest BCUT2D eigenvalue weighted by molar-refractivity contribution is 7.91. The molecule has 2 heterocycles. The van der Waals surface area contributed by atoms with Gasteiger partial charge in [0.15, 0.2) is 0 Å². The van der Waals surface area contributed by atoms with Gasteiger partial charge in [-0.25, -0.2) is 13.4 Å². The van der Waals surface area contributed by atoms with Crippen molar-refractivity contribution in [3.05, 3.63) is 47.8 Å². The lowest BCUT2D eigenvalue weighted by Crippen LogP contribution is -2.30. The molecule has 152 valence electrons. The third-order valence-corrected chi connectivity index (χ3v) is 6.83. The molecule has 0 unspecified atom stereocenters. The molecular weight excluding hydrogens is 376 g/mol. The van der Waals surface area contributed by atoms with Gasteiger partial charge in [-0.05, 0) is 18.4 Å². The van der Waals surface area contributed by atoms with Gasteiger partial charge < -0.3 is 9.47 Å². The Kier molecular flexibility index (Phi) is 6.85. The molecule has 0 spiro atoms. The number of sulfone groups is 1. The number of imidazole rings is 1. The third-order valence-electron chi connectivity index (χ3n) is 5.18. The summed E-state index contributed by atoms with van der Waals surface area (Å²) in [5.41, 5.74) is 2.07. The first kappa shape index (κ1) is 20.5. The monoisotopic (exact) mass is 404 g/mol. The van der Waals surface area contributed by atoms with E-state index < -0.39 is 9.84 Å². The summed E-state index contributed by atoms with van der Waals surface area (Å²) >= 11 is 0.